The van der Waals surface area contributed by atoms with Crippen LogP contribution in [0, 0.1) is 0 Å². The Morgan fingerprint density at radius 2 is 2.00 bits per heavy atom. The first-order valence-electron chi connectivity index (χ1n) is 7.51. The maximum atomic E-state index is 12.3. The zero-order valence-corrected chi connectivity index (χ0v) is 13.9. The summed E-state index contributed by atoms with van der Waals surface area (Å²) in [6, 6.07) is 6.28. The number of rotatable bonds is 6. The summed E-state index contributed by atoms with van der Waals surface area (Å²) in [7, 11) is 3.91. The highest BCUT2D eigenvalue weighted by molar-refractivity contribution is 5.91. The molecule has 0 radical (unpaired) electrons. The summed E-state index contributed by atoms with van der Waals surface area (Å²) in [5.41, 5.74) is 0.288. The van der Waals surface area contributed by atoms with Crippen molar-refractivity contribution in [1.82, 2.24) is 9.47 Å². The third kappa shape index (κ3) is 3.71. The molecule has 0 bridgehead atoms. The third-order valence-electron chi connectivity index (χ3n) is 3.56. The van der Waals surface area contributed by atoms with E-state index in [9.17, 15) is 14.7 Å². The van der Waals surface area contributed by atoms with Crippen LogP contribution in [0.3, 0.4) is 0 Å². The highest BCUT2D eigenvalue weighted by Gasteiger charge is 2.17. The normalized spacial score (nSPS) is 11.4. The number of aromatic nitrogens is 1. The Labute approximate surface area is 134 Å². The van der Waals surface area contributed by atoms with Crippen molar-refractivity contribution < 1.29 is 14.6 Å². The number of hydrogen-bond donors (Lipinski definition) is 1. The Morgan fingerprint density at radius 1 is 1.30 bits per heavy atom. The summed E-state index contributed by atoms with van der Waals surface area (Å²) in [5, 5.41) is 9.80. The van der Waals surface area contributed by atoms with E-state index in [2.05, 4.69) is 0 Å². The number of likely N-dealkylation sites (N-methyl/N-ethyl adjacent to an activating group) is 1. The number of hydrogen-bond acceptors (Lipinski definition) is 4. The first-order valence-corrected chi connectivity index (χ1v) is 7.51. The van der Waals surface area contributed by atoms with Gasteiger partial charge in [-0.25, -0.2) is 4.79 Å². The standard InChI is InChI=1S/C17H22N2O4/c1-11(2)19-14-6-5-12(23-8-7-18(3)4)9-13(14)16(20)10-15(19)17(21)22/h5-6,9-11H,7-8H2,1-4H3,(H,21,22). The largest absolute Gasteiger partial charge is 0.492 e. The summed E-state index contributed by atoms with van der Waals surface area (Å²) >= 11 is 0. The van der Waals surface area contributed by atoms with Gasteiger partial charge in [0, 0.05) is 24.0 Å². The Bertz CT molecular complexity index is 778. The van der Waals surface area contributed by atoms with E-state index >= 15 is 0 Å². The average molecular weight is 318 g/mol. The lowest BCUT2D eigenvalue weighted by Crippen LogP contribution is -2.20. The van der Waals surface area contributed by atoms with Crippen molar-refractivity contribution in [2.24, 2.45) is 0 Å². The van der Waals surface area contributed by atoms with Crippen LogP contribution in [-0.4, -0.2) is 47.8 Å². The monoisotopic (exact) mass is 318 g/mol. The van der Waals surface area contributed by atoms with Crippen LogP contribution in [0.15, 0.2) is 29.1 Å². The van der Waals surface area contributed by atoms with E-state index in [4.69, 9.17) is 4.74 Å². The van der Waals surface area contributed by atoms with Gasteiger partial charge < -0.3 is 19.3 Å². The fraction of sp³-hybridized carbons (Fsp3) is 0.412. The molecule has 0 unspecified atom stereocenters. The Kier molecular flexibility index (Phi) is 5.05. The Hall–Kier alpha value is -2.34. The predicted molar refractivity (Wildman–Crippen MR) is 89.6 cm³/mol. The first kappa shape index (κ1) is 17.0. The van der Waals surface area contributed by atoms with Gasteiger partial charge in [0.05, 0.1) is 5.52 Å². The molecular formula is C17H22N2O4. The van der Waals surface area contributed by atoms with Crippen LogP contribution in [0.25, 0.3) is 10.9 Å². The lowest BCUT2D eigenvalue weighted by molar-refractivity contribution is 0.0683. The SMILES string of the molecule is CC(C)n1c(C(=O)O)cc(=O)c2cc(OCCN(C)C)ccc21. The van der Waals surface area contributed by atoms with Crippen molar-refractivity contribution in [2.45, 2.75) is 19.9 Å². The van der Waals surface area contributed by atoms with Crippen molar-refractivity contribution in [3.63, 3.8) is 0 Å². The minimum Gasteiger partial charge on any atom is -0.492 e. The zero-order chi connectivity index (χ0) is 17.1. The van der Waals surface area contributed by atoms with E-state index in [0.717, 1.165) is 6.54 Å². The van der Waals surface area contributed by atoms with Gasteiger partial charge in [0.25, 0.3) is 0 Å². The molecule has 0 fully saturated rings. The number of aromatic carboxylic acids is 1. The number of carboxylic acids is 1. The quantitative estimate of drug-likeness (QED) is 0.884. The second-order valence-electron chi connectivity index (χ2n) is 5.99. The second kappa shape index (κ2) is 6.83. The molecule has 2 rings (SSSR count). The molecule has 124 valence electrons. The topological polar surface area (TPSA) is 71.8 Å². The number of fused-ring (bicyclic) bond motifs is 1. The average Bonchev–Trinajstić information content (AvgIpc) is 2.46. The molecule has 0 atom stereocenters. The zero-order valence-electron chi connectivity index (χ0n) is 13.9. The lowest BCUT2D eigenvalue weighted by atomic mass is 10.1. The fourth-order valence-electron chi connectivity index (χ4n) is 2.48. The number of ether oxygens (including phenoxy) is 1. The molecule has 23 heavy (non-hydrogen) atoms. The van der Waals surface area contributed by atoms with Crippen molar-refractivity contribution in [2.75, 3.05) is 27.2 Å². The molecule has 1 heterocycles. The van der Waals surface area contributed by atoms with E-state index in [1.165, 1.54) is 6.07 Å². The van der Waals surface area contributed by atoms with E-state index in [1.54, 1.807) is 22.8 Å². The highest BCUT2D eigenvalue weighted by atomic mass is 16.5. The summed E-state index contributed by atoms with van der Waals surface area (Å²) in [6.45, 7) is 5.06. The number of carbonyl (C=O) groups is 1. The summed E-state index contributed by atoms with van der Waals surface area (Å²) in [4.78, 5) is 25.7. The Morgan fingerprint density at radius 3 is 2.57 bits per heavy atom. The fourth-order valence-corrected chi connectivity index (χ4v) is 2.48. The summed E-state index contributed by atoms with van der Waals surface area (Å²) < 4.78 is 7.31. The van der Waals surface area contributed by atoms with Crippen molar-refractivity contribution >= 4 is 16.9 Å². The number of carboxylic acid groups (broad SMARTS) is 1. The van der Waals surface area contributed by atoms with E-state index in [-0.39, 0.29) is 17.2 Å². The predicted octanol–water partition coefficient (Wildman–Crippen LogP) is 2.22. The molecule has 6 nitrogen and oxygen atoms in total. The third-order valence-corrected chi connectivity index (χ3v) is 3.56. The molecule has 0 aliphatic rings. The molecule has 1 aromatic heterocycles. The van der Waals surface area contributed by atoms with E-state index < -0.39 is 5.97 Å². The molecule has 0 aliphatic carbocycles. The molecule has 0 amide bonds. The Balaban J connectivity index is 2.51. The van der Waals surface area contributed by atoms with Crippen molar-refractivity contribution in [1.29, 1.82) is 0 Å². The van der Waals surface area contributed by atoms with Crippen molar-refractivity contribution in [3.8, 4) is 5.75 Å². The van der Waals surface area contributed by atoms with Crippen LogP contribution in [0.5, 0.6) is 5.75 Å². The van der Waals surface area contributed by atoms with E-state index in [0.29, 0.717) is 23.3 Å². The lowest BCUT2D eigenvalue weighted by Gasteiger charge is -2.18. The van der Waals surface area contributed by atoms with E-state index in [1.807, 2.05) is 32.8 Å². The van der Waals surface area contributed by atoms with Gasteiger partial charge in [-0.15, -0.1) is 0 Å². The van der Waals surface area contributed by atoms with Gasteiger partial charge in [-0.3, -0.25) is 4.79 Å². The summed E-state index contributed by atoms with van der Waals surface area (Å²) in [5.74, 6) is -0.501. The molecular weight excluding hydrogens is 296 g/mol. The minimum atomic E-state index is -1.11. The van der Waals surface area contributed by atoms with Gasteiger partial charge >= 0.3 is 5.97 Å². The van der Waals surface area contributed by atoms with Crippen LogP contribution in [0.4, 0.5) is 0 Å². The molecule has 1 N–H and O–H groups in total. The van der Waals surface area contributed by atoms with Gasteiger partial charge in [-0.2, -0.15) is 0 Å². The van der Waals surface area contributed by atoms with Gasteiger partial charge in [0.2, 0.25) is 0 Å². The van der Waals surface area contributed by atoms with Crippen LogP contribution in [0.2, 0.25) is 0 Å². The van der Waals surface area contributed by atoms with Gasteiger partial charge in [-0.1, -0.05) is 0 Å². The molecule has 1 aromatic carbocycles. The van der Waals surface area contributed by atoms with Crippen molar-refractivity contribution in [3.05, 3.63) is 40.2 Å². The summed E-state index contributed by atoms with van der Waals surface area (Å²) in [6.07, 6.45) is 0. The number of pyridine rings is 1. The molecule has 0 saturated heterocycles. The van der Waals surface area contributed by atoms with Crippen LogP contribution >= 0.6 is 0 Å². The van der Waals surface area contributed by atoms with Gasteiger partial charge in [-0.05, 0) is 46.1 Å². The second-order valence-corrected chi connectivity index (χ2v) is 5.99. The molecule has 0 spiro atoms. The van der Waals surface area contributed by atoms with Gasteiger partial charge in [0.15, 0.2) is 5.43 Å². The smallest absolute Gasteiger partial charge is 0.352 e. The molecule has 2 aromatic rings. The highest BCUT2D eigenvalue weighted by Crippen LogP contribution is 2.23. The number of nitrogens with zero attached hydrogens (tertiary/aromatic N) is 2. The maximum Gasteiger partial charge on any atom is 0.352 e. The van der Waals surface area contributed by atoms with Crippen LogP contribution < -0.4 is 10.2 Å². The van der Waals surface area contributed by atoms with Crippen LogP contribution in [-0.2, 0) is 0 Å². The molecule has 0 aliphatic heterocycles. The van der Waals surface area contributed by atoms with Crippen LogP contribution in [0.1, 0.15) is 30.4 Å². The number of benzene rings is 1. The van der Waals surface area contributed by atoms with Gasteiger partial charge in [0.1, 0.15) is 18.1 Å². The minimum absolute atomic E-state index is 0.00113. The molecule has 0 saturated carbocycles. The molecule has 6 heteroatoms. The first-order chi connectivity index (χ1) is 10.8. The maximum absolute atomic E-state index is 12.3.